The van der Waals surface area contributed by atoms with E-state index in [-0.39, 0.29) is 18.4 Å². The van der Waals surface area contributed by atoms with Gasteiger partial charge in [0.05, 0.1) is 6.54 Å². The summed E-state index contributed by atoms with van der Waals surface area (Å²) < 4.78 is 0.976. The van der Waals surface area contributed by atoms with Gasteiger partial charge in [0, 0.05) is 22.3 Å². The van der Waals surface area contributed by atoms with Gasteiger partial charge < -0.3 is 16.4 Å². The molecule has 0 fully saturated rings. The summed E-state index contributed by atoms with van der Waals surface area (Å²) in [4.78, 5) is 11.2. The van der Waals surface area contributed by atoms with Crippen LogP contribution in [0, 0.1) is 0 Å². The molecule has 0 saturated heterocycles. The fourth-order valence-corrected chi connectivity index (χ4v) is 1.87. The van der Waals surface area contributed by atoms with E-state index in [0.29, 0.717) is 13.0 Å². The van der Waals surface area contributed by atoms with Crippen molar-refractivity contribution >= 4 is 40.1 Å². The van der Waals surface area contributed by atoms with Crippen LogP contribution in [0.2, 0.25) is 0 Å². The number of benzene rings is 1. The van der Waals surface area contributed by atoms with Crippen molar-refractivity contribution in [2.75, 3.05) is 12.3 Å². The van der Waals surface area contributed by atoms with Crippen molar-refractivity contribution < 1.29 is 4.79 Å². The molecule has 2 rings (SSSR count). The summed E-state index contributed by atoms with van der Waals surface area (Å²) in [6.07, 6.45) is 0.689. The van der Waals surface area contributed by atoms with E-state index in [2.05, 4.69) is 26.6 Å². The van der Waals surface area contributed by atoms with Gasteiger partial charge in [-0.1, -0.05) is 28.1 Å². The smallest absolute Gasteiger partial charge is 0.319 e. The number of halogens is 2. The third kappa shape index (κ3) is 3.64. The van der Waals surface area contributed by atoms with Crippen molar-refractivity contribution in [1.82, 2.24) is 10.6 Å². The first-order valence-electron chi connectivity index (χ1n) is 4.92. The number of carbonyl (C=O) groups excluding carboxylic acids is 1. The Morgan fingerprint density at radius 3 is 2.59 bits per heavy atom. The fourth-order valence-electron chi connectivity index (χ4n) is 1.49. The van der Waals surface area contributed by atoms with Gasteiger partial charge in [0.25, 0.3) is 0 Å². The SMILES string of the molecule is Cl.Nc1ccc(CC2=C(Br)CNC(=O)N2)cc1. The molecule has 17 heavy (non-hydrogen) atoms. The van der Waals surface area contributed by atoms with Gasteiger partial charge in [-0.05, 0) is 17.7 Å². The minimum absolute atomic E-state index is 0. The van der Waals surface area contributed by atoms with Crippen LogP contribution in [-0.4, -0.2) is 12.6 Å². The lowest BCUT2D eigenvalue weighted by atomic mass is 10.1. The zero-order chi connectivity index (χ0) is 11.5. The number of hydrogen-bond donors (Lipinski definition) is 3. The number of anilines is 1. The van der Waals surface area contributed by atoms with Crippen molar-refractivity contribution in [3.63, 3.8) is 0 Å². The van der Waals surface area contributed by atoms with Crippen molar-refractivity contribution in [1.29, 1.82) is 0 Å². The lowest BCUT2D eigenvalue weighted by Gasteiger charge is -2.19. The quantitative estimate of drug-likeness (QED) is 0.732. The molecule has 0 aliphatic carbocycles. The molecule has 1 aliphatic heterocycles. The monoisotopic (exact) mass is 317 g/mol. The van der Waals surface area contributed by atoms with E-state index in [1.165, 1.54) is 0 Å². The normalized spacial score (nSPS) is 14.8. The van der Waals surface area contributed by atoms with Crippen molar-refractivity contribution in [3.05, 3.63) is 40.0 Å². The molecule has 6 heteroatoms. The molecular formula is C11H13BrClN3O. The average Bonchev–Trinajstić information content (AvgIpc) is 2.27. The maximum Gasteiger partial charge on any atom is 0.319 e. The molecule has 4 N–H and O–H groups in total. The Hall–Kier alpha value is -1.20. The lowest BCUT2D eigenvalue weighted by molar-refractivity contribution is 0.242. The molecular weight excluding hydrogens is 305 g/mol. The number of amides is 2. The van der Waals surface area contributed by atoms with E-state index in [1.807, 2.05) is 24.3 Å². The van der Waals surface area contributed by atoms with Crippen LogP contribution < -0.4 is 16.4 Å². The van der Waals surface area contributed by atoms with Crippen molar-refractivity contribution in [2.45, 2.75) is 6.42 Å². The summed E-state index contributed by atoms with van der Waals surface area (Å²) in [5.74, 6) is 0. The molecule has 0 bridgehead atoms. The zero-order valence-corrected chi connectivity index (χ0v) is 11.4. The molecule has 0 spiro atoms. The highest BCUT2D eigenvalue weighted by Crippen LogP contribution is 2.17. The number of urea groups is 1. The number of nitrogens with two attached hydrogens (primary N) is 1. The van der Waals surface area contributed by atoms with Crippen molar-refractivity contribution in [3.8, 4) is 0 Å². The highest BCUT2D eigenvalue weighted by atomic mass is 79.9. The highest BCUT2D eigenvalue weighted by Gasteiger charge is 2.15. The molecule has 4 nitrogen and oxygen atoms in total. The third-order valence-corrected chi connectivity index (χ3v) is 3.12. The second-order valence-electron chi connectivity index (χ2n) is 3.61. The Morgan fingerprint density at radius 1 is 1.29 bits per heavy atom. The van der Waals surface area contributed by atoms with Gasteiger partial charge in [0.2, 0.25) is 0 Å². The maximum absolute atomic E-state index is 11.2. The Labute approximate surface area is 114 Å². The molecule has 0 saturated carbocycles. The van der Waals surface area contributed by atoms with Crippen molar-refractivity contribution in [2.24, 2.45) is 0 Å². The Kier molecular flexibility index (Phi) is 4.84. The van der Waals surface area contributed by atoms with Gasteiger partial charge in [-0.15, -0.1) is 12.4 Å². The fraction of sp³-hybridized carbons (Fsp3) is 0.182. The first-order chi connectivity index (χ1) is 7.65. The molecule has 0 atom stereocenters. The standard InChI is InChI=1S/C11H12BrN3O.ClH/c12-9-6-14-11(16)15-10(9)5-7-1-3-8(13)4-2-7;/h1-4H,5-6,13H2,(H2,14,15,16);1H. The van der Waals surface area contributed by atoms with E-state index >= 15 is 0 Å². The largest absolute Gasteiger partial charge is 0.399 e. The lowest BCUT2D eigenvalue weighted by Crippen LogP contribution is -2.41. The van der Waals surface area contributed by atoms with Crippen LogP contribution >= 0.6 is 28.3 Å². The van der Waals surface area contributed by atoms with E-state index in [4.69, 9.17) is 5.73 Å². The third-order valence-electron chi connectivity index (χ3n) is 2.36. The summed E-state index contributed by atoms with van der Waals surface area (Å²) >= 11 is 3.43. The predicted molar refractivity (Wildman–Crippen MR) is 74.3 cm³/mol. The molecule has 0 radical (unpaired) electrons. The van der Waals surface area contributed by atoms with Crippen LogP contribution in [0.4, 0.5) is 10.5 Å². The minimum atomic E-state index is -0.159. The molecule has 1 aromatic rings. The van der Waals surface area contributed by atoms with E-state index in [0.717, 1.165) is 21.4 Å². The topological polar surface area (TPSA) is 67.1 Å². The number of rotatable bonds is 2. The molecule has 92 valence electrons. The van der Waals surface area contributed by atoms with Crippen LogP contribution in [0.5, 0.6) is 0 Å². The summed E-state index contributed by atoms with van der Waals surface area (Å²) in [7, 11) is 0. The minimum Gasteiger partial charge on any atom is -0.399 e. The van der Waals surface area contributed by atoms with Crippen LogP contribution in [0.3, 0.4) is 0 Å². The van der Waals surface area contributed by atoms with Crippen LogP contribution in [-0.2, 0) is 6.42 Å². The Bertz CT molecular complexity index is 445. The second kappa shape index (κ2) is 5.93. The number of nitrogen functional groups attached to an aromatic ring is 1. The van der Waals surface area contributed by atoms with Gasteiger partial charge in [-0.3, -0.25) is 0 Å². The number of allylic oxidation sites excluding steroid dienone is 1. The highest BCUT2D eigenvalue weighted by molar-refractivity contribution is 9.11. The summed E-state index contributed by atoms with van der Waals surface area (Å²) in [6, 6.07) is 7.46. The van der Waals surface area contributed by atoms with Crippen LogP contribution in [0.15, 0.2) is 34.4 Å². The summed E-state index contributed by atoms with van der Waals surface area (Å²) in [6.45, 7) is 0.538. The Morgan fingerprint density at radius 2 is 1.94 bits per heavy atom. The zero-order valence-electron chi connectivity index (χ0n) is 9.00. The van der Waals surface area contributed by atoms with E-state index in [1.54, 1.807) is 0 Å². The molecule has 0 unspecified atom stereocenters. The molecule has 1 aromatic carbocycles. The molecule has 0 aromatic heterocycles. The molecule has 2 amide bonds. The van der Waals surface area contributed by atoms with Gasteiger partial charge >= 0.3 is 6.03 Å². The first kappa shape index (κ1) is 13.9. The van der Waals surface area contributed by atoms with Gasteiger partial charge in [0.1, 0.15) is 0 Å². The maximum atomic E-state index is 11.2. The second-order valence-corrected chi connectivity index (χ2v) is 4.57. The van der Waals surface area contributed by atoms with Gasteiger partial charge in [0.15, 0.2) is 0 Å². The van der Waals surface area contributed by atoms with E-state index < -0.39 is 0 Å². The Balaban J connectivity index is 0.00000144. The number of hydrogen-bond acceptors (Lipinski definition) is 2. The van der Waals surface area contributed by atoms with Crippen LogP contribution in [0.25, 0.3) is 0 Å². The van der Waals surface area contributed by atoms with E-state index in [9.17, 15) is 4.79 Å². The van der Waals surface area contributed by atoms with Gasteiger partial charge in [-0.25, -0.2) is 4.79 Å². The average molecular weight is 319 g/mol. The predicted octanol–water partition coefficient (Wildman–Crippen LogP) is 2.15. The number of carbonyl (C=O) groups is 1. The first-order valence-corrected chi connectivity index (χ1v) is 5.71. The van der Waals surface area contributed by atoms with Gasteiger partial charge in [-0.2, -0.15) is 0 Å². The summed E-state index contributed by atoms with van der Waals surface area (Å²) in [5, 5.41) is 5.46. The summed E-state index contributed by atoms with van der Waals surface area (Å²) in [5.41, 5.74) is 8.36. The molecule has 1 heterocycles. The molecule has 1 aliphatic rings. The van der Waals surface area contributed by atoms with Crippen LogP contribution in [0.1, 0.15) is 5.56 Å². The number of nitrogens with one attached hydrogen (secondary N) is 2.